The summed E-state index contributed by atoms with van der Waals surface area (Å²) >= 11 is 0. The molecule has 0 saturated heterocycles. The molecule has 2 N–H and O–H groups in total. The highest BCUT2D eigenvalue weighted by Crippen LogP contribution is 2.12. The summed E-state index contributed by atoms with van der Waals surface area (Å²) in [5.74, 6) is -1.53. The predicted octanol–water partition coefficient (Wildman–Crippen LogP) is 2.59. The maximum atomic E-state index is 13.4. The lowest BCUT2D eigenvalue weighted by molar-refractivity contribution is 0.579. The number of aromatic nitrogens is 2. The summed E-state index contributed by atoms with van der Waals surface area (Å²) in [6.45, 7) is 0.292. The second-order valence-electron chi connectivity index (χ2n) is 4.09. The molecule has 1 heterocycles. The van der Waals surface area contributed by atoms with E-state index in [1.54, 1.807) is 7.05 Å². The lowest BCUT2D eigenvalue weighted by atomic mass is 10.1. The maximum absolute atomic E-state index is 13.4. The fraction of sp³-hybridized carbons (Fsp3) is 0.231. The predicted molar refractivity (Wildman–Crippen MR) is 70.1 cm³/mol. The lowest BCUT2D eigenvalue weighted by Crippen LogP contribution is -2.10. The van der Waals surface area contributed by atoms with Crippen LogP contribution in [-0.2, 0) is 6.42 Å². The van der Waals surface area contributed by atoms with Crippen molar-refractivity contribution < 1.29 is 13.2 Å². The Morgan fingerprint density at radius 2 is 1.80 bits per heavy atom. The third kappa shape index (κ3) is 3.59. The first kappa shape index (κ1) is 14.1. The van der Waals surface area contributed by atoms with Gasteiger partial charge in [-0.3, -0.25) is 0 Å². The quantitative estimate of drug-likeness (QED) is 0.885. The van der Waals surface area contributed by atoms with Crippen molar-refractivity contribution in [2.45, 2.75) is 6.42 Å². The van der Waals surface area contributed by atoms with E-state index < -0.39 is 17.5 Å². The molecule has 0 fully saturated rings. The highest BCUT2D eigenvalue weighted by molar-refractivity contribution is 5.40. The third-order valence-electron chi connectivity index (χ3n) is 2.60. The number of anilines is 2. The summed E-state index contributed by atoms with van der Waals surface area (Å²) in [6.07, 6.45) is 1.38. The van der Waals surface area contributed by atoms with Crippen LogP contribution in [0.3, 0.4) is 0 Å². The van der Waals surface area contributed by atoms with Crippen molar-refractivity contribution in [2.24, 2.45) is 0 Å². The molecular weight excluding hydrogens is 269 g/mol. The molecule has 0 aliphatic rings. The van der Waals surface area contributed by atoms with Crippen molar-refractivity contribution in [3.63, 3.8) is 0 Å². The summed E-state index contributed by atoms with van der Waals surface area (Å²) in [5.41, 5.74) is 0.485. The van der Waals surface area contributed by atoms with E-state index >= 15 is 0 Å². The van der Waals surface area contributed by atoms with Gasteiger partial charge in [-0.05, 0) is 24.1 Å². The van der Waals surface area contributed by atoms with E-state index in [1.165, 1.54) is 12.1 Å². The van der Waals surface area contributed by atoms with Crippen LogP contribution in [0.2, 0.25) is 0 Å². The topological polar surface area (TPSA) is 49.8 Å². The van der Waals surface area contributed by atoms with Crippen LogP contribution in [0.25, 0.3) is 0 Å². The molecule has 7 heteroatoms. The highest BCUT2D eigenvalue weighted by atomic mass is 19.1. The Hall–Kier alpha value is -2.31. The highest BCUT2D eigenvalue weighted by Gasteiger charge is 2.06. The molecule has 0 atom stereocenters. The Bertz CT molecular complexity index is 584. The number of nitrogens with one attached hydrogen (secondary N) is 2. The standard InChI is InChI=1S/C13H13F3N4/c1-17-13-19-7-11(16)12(20-13)18-3-2-8-4-9(14)6-10(15)5-8/h4-7H,2-3H2,1H3,(H2,17,18,19,20). The number of hydrogen-bond donors (Lipinski definition) is 2. The Morgan fingerprint density at radius 1 is 1.10 bits per heavy atom. The molecule has 0 spiro atoms. The first-order valence-corrected chi connectivity index (χ1v) is 5.97. The molecule has 0 bridgehead atoms. The largest absolute Gasteiger partial charge is 0.367 e. The molecule has 0 amide bonds. The third-order valence-corrected chi connectivity index (χ3v) is 2.60. The van der Waals surface area contributed by atoms with Gasteiger partial charge in [0.25, 0.3) is 0 Å². The van der Waals surface area contributed by atoms with Gasteiger partial charge in [-0.15, -0.1) is 0 Å². The van der Waals surface area contributed by atoms with Gasteiger partial charge in [0, 0.05) is 19.7 Å². The van der Waals surface area contributed by atoms with Crippen LogP contribution in [0, 0.1) is 17.5 Å². The van der Waals surface area contributed by atoms with Crippen LogP contribution >= 0.6 is 0 Å². The molecule has 0 saturated carbocycles. The zero-order valence-corrected chi connectivity index (χ0v) is 10.8. The van der Waals surface area contributed by atoms with Crippen molar-refractivity contribution in [3.8, 4) is 0 Å². The van der Waals surface area contributed by atoms with Gasteiger partial charge in [-0.2, -0.15) is 4.98 Å². The minimum absolute atomic E-state index is 0.0428. The first-order chi connectivity index (χ1) is 9.58. The number of hydrogen-bond acceptors (Lipinski definition) is 4. The molecule has 2 rings (SSSR count). The van der Waals surface area contributed by atoms with Crippen LogP contribution < -0.4 is 10.6 Å². The minimum Gasteiger partial charge on any atom is -0.367 e. The van der Waals surface area contributed by atoms with Crippen molar-refractivity contribution >= 4 is 11.8 Å². The van der Waals surface area contributed by atoms with Gasteiger partial charge in [0.15, 0.2) is 11.6 Å². The lowest BCUT2D eigenvalue weighted by Gasteiger charge is -2.08. The summed E-state index contributed by atoms with van der Waals surface area (Å²) in [5, 5.41) is 5.45. The van der Waals surface area contributed by atoms with Crippen molar-refractivity contribution in [2.75, 3.05) is 24.2 Å². The van der Waals surface area contributed by atoms with Crippen LogP contribution in [0.4, 0.5) is 24.9 Å². The second kappa shape index (κ2) is 6.23. The molecule has 4 nitrogen and oxygen atoms in total. The van der Waals surface area contributed by atoms with E-state index in [0.29, 0.717) is 18.5 Å². The van der Waals surface area contributed by atoms with Gasteiger partial charge in [0.2, 0.25) is 5.95 Å². The number of rotatable bonds is 5. The van der Waals surface area contributed by atoms with Gasteiger partial charge in [0.1, 0.15) is 11.6 Å². The normalized spacial score (nSPS) is 10.4. The van der Waals surface area contributed by atoms with Gasteiger partial charge in [0.05, 0.1) is 6.20 Å². The summed E-state index contributed by atoms with van der Waals surface area (Å²) in [6, 6.07) is 3.28. The van der Waals surface area contributed by atoms with Gasteiger partial charge in [-0.1, -0.05) is 0 Å². The Balaban J connectivity index is 1.99. The Kier molecular flexibility index (Phi) is 4.39. The number of halogens is 3. The molecule has 20 heavy (non-hydrogen) atoms. The minimum atomic E-state index is -0.634. The molecule has 1 aromatic heterocycles. The maximum Gasteiger partial charge on any atom is 0.224 e. The van der Waals surface area contributed by atoms with Gasteiger partial charge < -0.3 is 10.6 Å². The smallest absolute Gasteiger partial charge is 0.224 e. The van der Waals surface area contributed by atoms with Gasteiger partial charge in [-0.25, -0.2) is 18.2 Å². The SMILES string of the molecule is CNc1ncc(F)c(NCCc2cc(F)cc(F)c2)n1. The molecule has 106 valence electrons. The molecule has 2 aromatic rings. The van der Waals surface area contributed by atoms with E-state index in [4.69, 9.17) is 0 Å². The van der Waals surface area contributed by atoms with E-state index in [0.717, 1.165) is 12.3 Å². The molecule has 0 radical (unpaired) electrons. The van der Waals surface area contributed by atoms with Crippen molar-refractivity contribution in [1.82, 2.24) is 9.97 Å². The molecule has 0 aliphatic carbocycles. The van der Waals surface area contributed by atoms with Crippen LogP contribution in [0.5, 0.6) is 0 Å². The molecule has 0 unspecified atom stereocenters. The second-order valence-corrected chi connectivity index (χ2v) is 4.09. The first-order valence-electron chi connectivity index (χ1n) is 5.97. The zero-order chi connectivity index (χ0) is 14.5. The summed E-state index contributed by atoms with van der Waals surface area (Å²) < 4.78 is 39.4. The zero-order valence-electron chi connectivity index (χ0n) is 10.8. The fourth-order valence-electron chi connectivity index (χ4n) is 1.69. The van der Waals surface area contributed by atoms with E-state index in [9.17, 15) is 13.2 Å². The fourth-order valence-corrected chi connectivity index (χ4v) is 1.69. The molecular formula is C13H13F3N4. The van der Waals surface area contributed by atoms with Crippen molar-refractivity contribution in [3.05, 3.63) is 47.4 Å². The van der Waals surface area contributed by atoms with E-state index in [-0.39, 0.29) is 11.8 Å². The van der Waals surface area contributed by atoms with Crippen LogP contribution in [-0.4, -0.2) is 23.6 Å². The summed E-state index contributed by atoms with van der Waals surface area (Å²) in [7, 11) is 1.62. The Morgan fingerprint density at radius 3 is 2.45 bits per heavy atom. The van der Waals surface area contributed by atoms with Crippen LogP contribution in [0.1, 0.15) is 5.56 Å². The van der Waals surface area contributed by atoms with E-state index in [1.807, 2.05) is 0 Å². The average molecular weight is 282 g/mol. The van der Waals surface area contributed by atoms with E-state index in [2.05, 4.69) is 20.6 Å². The number of benzene rings is 1. The molecule has 0 aliphatic heterocycles. The Labute approximate surface area is 114 Å². The monoisotopic (exact) mass is 282 g/mol. The van der Waals surface area contributed by atoms with Crippen molar-refractivity contribution in [1.29, 1.82) is 0 Å². The molecule has 1 aromatic carbocycles. The number of nitrogens with zero attached hydrogens (tertiary/aromatic N) is 2. The summed E-state index contributed by atoms with van der Waals surface area (Å²) in [4.78, 5) is 7.61. The van der Waals surface area contributed by atoms with Gasteiger partial charge >= 0.3 is 0 Å². The average Bonchev–Trinajstić information content (AvgIpc) is 2.40. The van der Waals surface area contributed by atoms with Crippen LogP contribution in [0.15, 0.2) is 24.4 Å².